The lowest BCUT2D eigenvalue weighted by Crippen LogP contribution is -2.31. The summed E-state index contributed by atoms with van der Waals surface area (Å²) in [4.78, 5) is 15.1. The molecule has 2 aromatic rings. The van der Waals surface area contributed by atoms with Crippen LogP contribution in [-0.2, 0) is 7.05 Å². The largest absolute Gasteiger partial charge is 0.368 e. The summed E-state index contributed by atoms with van der Waals surface area (Å²) in [6.07, 6.45) is 3.55. The van der Waals surface area contributed by atoms with E-state index in [9.17, 15) is 0 Å². The van der Waals surface area contributed by atoms with E-state index in [2.05, 4.69) is 46.1 Å². The molecule has 8 nitrogen and oxygen atoms in total. The Morgan fingerprint density at radius 1 is 1.10 bits per heavy atom. The fourth-order valence-electron chi connectivity index (χ4n) is 2.29. The lowest BCUT2D eigenvalue weighted by atomic mass is 10.1. The van der Waals surface area contributed by atoms with E-state index in [1.165, 1.54) is 6.42 Å². The molecule has 0 radical (unpaired) electrons. The van der Waals surface area contributed by atoms with Gasteiger partial charge in [0.15, 0.2) is 10.4 Å². The van der Waals surface area contributed by atoms with Crippen LogP contribution in [0.4, 0.5) is 11.9 Å². The summed E-state index contributed by atoms with van der Waals surface area (Å²) < 4.78 is 2.20. The quantitative estimate of drug-likeness (QED) is 0.871. The van der Waals surface area contributed by atoms with E-state index < -0.39 is 0 Å². The fourth-order valence-corrected chi connectivity index (χ4v) is 2.80. The molecule has 0 atom stereocenters. The van der Waals surface area contributed by atoms with Crippen LogP contribution in [0.15, 0.2) is 4.60 Å². The third kappa shape index (κ3) is 2.45. The van der Waals surface area contributed by atoms with Crippen molar-refractivity contribution in [3.63, 3.8) is 0 Å². The zero-order valence-corrected chi connectivity index (χ0v) is 12.7. The molecule has 0 aromatic carbocycles. The van der Waals surface area contributed by atoms with Gasteiger partial charge in [-0.25, -0.2) is 4.68 Å². The van der Waals surface area contributed by atoms with Crippen LogP contribution in [0.3, 0.4) is 0 Å². The maximum Gasteiger partial charge on any atom is 0.230 e. The average molecular weight is 339 g/mol. The smallest absolute Gasteiger partial charge is 0.230 e. The van der Waals surface area contributed by atoms with Crippen LogP contribution in [0, 0.1) is 0 Å². The van der Waals surface area contributed by atoms with Crippen LogP contribution < -0.4 is 10.6 Å². The molecular weight excluding hydrogens is 324 g/mol. The molecule has 0 bridgehead atoms. The van der Waals surface area contributed by atoms with Crippen molar-refractivity contribution in [3.05, 3.63) is 4.60 Å². The summed E-state index contributed by atoms with van der Waals surface area (Å²) >= 11 is 3.35. The maximum atomic E-state index is 5.82. The number of halogens is 1. The summed E-state index contributed by atoms with van der Waals surface area (Å²) in [5.41, 5.74) is 6.51. The van der Waals surface area contributed by atoms with Gasteiger partial charge in [0.2, 0.25) is 11.9 Å². The second-order valence-electron chi connectivity index (χ2n) is 4.72. The second-order valence-corrected chi connectivity index (χ2v) is 5.47. The van der Waals surface area contributed by atoms with Gasteiger partial charge in [-0.1, -0.05) is 5.21 Å². The Labute approximate surface area is 124 Å². The van der Waals surface area contributed by atoms with E-state index >= 15 is 0 Å². The summed E-state index contributed by atoms with van der Waals surface area (Å²) in [6, 6.07) is 0. The first-order valence-electron chi connectivity index (χ1n) is 6.47. The molecule has 0 spiro atoms. The molecule has 2 aromatic heterocycles. The van der Waals surface area contributed by atoms with Crippen molar-refractivity contribution >= 4 is 27.8 Å². The lowest BCUT2D eigenvalue weighted by molar-refractivity contribution is 0.568. The van der Waals surface area contributed by atoms with E-state index in [-0.39, 0.29) is 5.95 Å². The van der Waals surface area contributed by atoms with Crippen LogP contribution in [0.5, 0.6) is 0 Å². The molecular formula is C11H15BrN8. The summed E-state index contributed by atoms with van der Waals surface area (Å²) in [5, 5.41) is 7.87. The summed E-state index contributed by atoms with van der Waals surface area (Å²) in [5.74, 6) is 1.32. The number of nitrogens with two attached hydrogens (primary N) is 1. The highest BCUT2D eigenvalue weighted by atomic mass is 79.9. The molecule has 1 fully saturated rings. The van der Waals surface area contributed by atoms with Crippen LogP contribution in [0.2, 0.25) is 0 Å². The highest BCUT2D eigenvalue weighted by molar-refractivity contribution is 9.10. The Hall–Kier alpha value is -1.77. The van der Waals surface area contributed by atoms with E-state index in [0.29, 0.717) is 22.1 Å². The number of hydrogen-bond acceptors (Lipinski definition) is 7. The molecule has 1 aliphatic heterocycles. The van der Waals surface area contributed by atoms with Gasteiger partial charge in [0.25, 0.3) is 0 Å². The minimum absolute atomic E-state index is 0.212. The predicted octanol–water partition coefficient (Wildman–Crippen LogP) is 1.00. The van der Waals surface area contributed by atoms with Gasteiger partial charge >= 0.3 is 0 Å². The molecule has 0 unspecified atom stereocenters. The number of nitrogen functional groups attached to an aromatic ring is 1. The first kappa shape index (κ1) is 13.2. The van der Waals surface area contributed by atoms with Gasteiger partial charge in [0.1, 0.15) is 5.69 Å². The van der Waals surface area contributed by atoms with Crippen LogP contribution in [-0.4, -0.2) is 43.0 Å². The molecule has 0 amide bonds. The molecule has 1 aliphatic rings. The van der Waals surface area contributed by atoms with Crippen molar-refractivity contribution in [2.75, 3.05) is 23.7 Å². The Morgan fingerprint density at radius 3 is 2.50 bits per heavy atom. The molecule has 3 heterocycles. The summed E-state index contributed by atoms with van der Waals surface area (Å²) in [7, 11) is 1.79. The first-order valence-corrected chi connectivity index (χ1v) is 7.26. The van der Waals surface area contributed by atoms with E-state index in [0.717, 1.165) is 25.9 Å². The minimum atomic E-state index is 0.212. The van der Waals surface area contributed by atoms with E-state index in [4.69, 9.17) is 5.73 Å². The van der Waals surface area contributed by atoms with Crippen LogP contribution in [0.1, 0.15) is 19.3 Å². The SMILES string of the molecule is Cn1nnc(Br)c1-c1nc(N)nc(N2CCCCC2)n1. The van der Waals surface area contributed by atoms with E-state index in [1.807, 2.05) is 0 Å². The van der Waals surface area contributed by atoms with Gasteiger partial charge in [0, 0.05) is 20.1 Å². The normalized spacial score (nSPS) is 15.6. The van der Waals surface area contributed by atoms with Gasteiger partial charge in [0.05, 0.1) is 0 Å². The number of aryl methyl sites for hydroxylation is 1. The van der Waals surface area contributed by atoms with Crippen molar-refractivity contribution in [1.29, 1.82) is 0 Å². The van der Waals surface area contributed by atoms with Crippen molar-refractivity contribution in [1.82, 2.24) is 29.9 Å². The third-order valence-corrected chi connectivity index (χ3v) is 3.81. The monoisotopic (exact) mass is 338 g/mol. The molecule has 0 saturated carbocycles. The van der Waals surface area contributed by atoms with Crippen molar-refractivity contribution in [2.45, 2.75) is 19.3 Å². The number of anilines is 2. The maximum absolute atomic E-state index is 5.82. The number of aromatic nitrogens is 6. The molecule has 106 valence electrons. The second kappa shape index (κ2) is 5.31. The molecule has 2 N–H and O–H groups in total. The van der Waals surface area contributed by atoms with Crippen molar-refractivity contribution in [3.8, 4) is 11.5 Å². The highest BCUT2D eigenvalue weighted by Crippen LogP contribution is 2.25. The minimum Gasteiger partial charge on any atom is -0.368 e. The number of rotatable bonds is 2. The van der Waals surface area contributed by atoms with Crippen molar-refractivity contribution < 1.29 is 0 Å². The number of piperidine rings is 1. The Bertz CT molecular complexity index is 599. The van der Waals surface area contributed by atoms with Gasteiger partial charge in [-0.3, -0.25) is 0 Å². The molecule has 9 heteroatoms. The number of nitrogens with zero attached hydrogens (tertiary/aromatic N) is 7. The van der Waals surface area contributed by atoms with E-state index in [1.54, 1.807) is 11.7 Å². The molecule has 0 aliphatic carbocycles. The van der Waals surface area contributed by atoms with Gasteiger partial charge in [-0.15, -0.1) is 5.10 Å². The zero-order valence-electron chi connectivity index (χ0n) is 11.1. The first-order chi connectivity index (χ1) is 9.65. The fraction of sp³-hybridized carbons (Fsp3) is 0.545. The van der Waals surface area contributed by atoms with Crippen molar-refractivity contribution in [2.24, 2.45) is 7.05 Å². The Balaban J connectivity index is 2.02. The molecule has 3 rings (SSSR count). The topological polar surface area (TPSA) is 98.6 Å². The van der Waals surface area contributed by atoms with Gasteiger partial charge < -0.3 is 10.6 Å². The highest BCUT2D eigenvalue weighted by Gasteiger charge is 2.19. The molecule has 20 heavy (non-hydrogen) atoms. The zero-order chi connectivity index (χ0) is 14.1. The average Bonchev–Trinajstić information content (AvgIpc) is 2.78. The predicted molar refractivity (Wildman–Crippen MR) is 78.0 cm³/mol. The Morgan fingerprint density at radius 2 is 1.85 bits per heavy atom. The van der Waals surface area contributed by atoms with Crippen LogP contribution >= 0.6 is 15.9 Å². The van der Waals surface area contributed by atoms with Crippen LogP contribution in [0.25, 0.3) is 11.5 Å². The molecule has 1 saturated heterocycles. The van der Waals surface area contributed by atoms with Gasteiger partial charge in [-0.2, -0.15) is 15.0 Å². The Kier molecular flexibility index (Phi) is 3.51. The lowest BCUT2D eigenvalue weighted by Gasteiger charge is -2.26. The third-order valence-electron chi connectivity index (χ3n) is 3.28. The summed E-state index contributed by atoms with van der Waals surface area (Å²) in [6.45, 7) is 1.90. The number of hydrogen-bond donors (Lipinski definition) is 1. The standard InChI is InChI=1S/C11H15BrN8/c1-19-7(8(12)17-18-19)9-14-10(13)16-11(15-9)20-5-3-2-4-6-20/h2-6H2,1H3,(H2,13,14,15,16). The van der Waals surface area contributed by atoms with Gasteiger partial charge in [-0.05, 0) is 35.2 Å².